The summed E-state index contributed by atoms with van der Waals surface area (Å²) in [5.41, 5.74) is -2.26. The van der Waals surface area contributed by atoms with Crippen molar-refractivity contribution < 1.29 is 38.8 Å². The van der Waals surface area contributed by atoms with Crippen molar-refractivity contribution in [3.8, 4) is 0 Å². The lowest BCUT2D eigenvalue weighted by atomic mass is 9.95. The maximum absolute atomic E-state index is 12.2. The van der Waals surface area contributed by atoms with Crippen molar-refractivity contribution in [1.82, 2.24) is 0 Å². The molecule has 0 saturated heterocycles. The summed E-state index contributed by atoms with van der Waals surface area (Å²) in [7, 11) is 0. The van der Waals surface area contributed by atoms with Gasteiger partial charge in [0.2, 0.25) is 0 Å². The lowest BCUT2D eigenvalue weighted by Gasteiger charge is -2.24. The smallest absolute Gasteiger partial charge is 0.339 e. The Morgan fingerprint density at radius 1 is 0.523 bits per heavy atom. The fourth-order valence-electron chi connectivity index (χ4n) is 4.25. The Morgan fingerprint density at radius 2 is 0.886 bits per heavy atom. The molecular weight excluding hydrogens is 560 g/mol. The third-order valence-corrected chi connectivity index (χ3v) is 7.18. The van der Waals surface area contributed by atoms with Gasteiger partial charge in [0.25, 0.3) is 0 Å². The van der Waals surface area contributed by atoms with Crippen LogP contribution in [0.4, 0.5) is 0 Å². The van der Waals surface area contributed by atoms with Gasteiger partial charge < -0.3 is 24.4 Å². The van der Waals surface area contributed by atoms with Crippen molar-refractivity contribution in [3.63, 3.8) is 0 Å². The van der Waals surface area contributed by atoms with E-state index >= 15 is 0 Å². The molecule has 2 N–H and O–H groups in total. The van der Waals surface area contributed by atoms with Crippen LogP contribution in [0.5, 0.6) is 0 Å². The molecule has 44 heavy (non-hydrogen) atoms. The maximum Gasteiger partial charge on any atom is 0.339 e. The number of hydrogen-bond acceptors (Lipinski definition) is 8. The number of carbonyl (C=O) groups excluding carboxylic acids is 3. The first-order chi connectivity index (χ1) is 21.3. The minimum atomic E-state index is -2.26. The molecule has 0 radical (unpaired) electrons. The van der Waals surface area contributed by atoms with E-state index < -0.39 is 36.4 Å². The van der Waals surface area contributed by atoms with E-state index in [9.17, 15) is 19.5 Å². The molecule has 0 fully saturated rings. The molecule has 0 aliphatic rings. The molecule has 0 amide bonds. The predicted octanol–water partition coefficient (Wildman–Crippen LogP) is 8.54. The Bertz CT molecular complexity index is 668. The van der Waals surface area contributed by atoms with Crippen molar-refractivity contribution >= 4 is 17.9 Å². The second kappa shape index (κ2) is 34.0. The summed E-state index contributed by atoms with van der Waals surface area (Å²) in [6, 6.07) is 0. The molecule has 0 unspecified atom stereocenters. The van der Waals surface area contributed by atoms with Gasteiger partial charge in [-0.15, -0.1) is 0 Å². The Morgan fingerprint density at radius 3 is 1.30 bits per heavy atom. The average Bonchev–Trinajstić information content (AvgIpc) is 2.99. The predicted molar refractivity (Wildman–Crippen MR) is 178 cm³/mol. The summed E-state index contributed by atoms with van der Waals surface area (Å²) in [5.74, 6) is -2.49. The van der Waals surface area contributed by atoms with E-state index in [0.717, 1.165) is 25.7 Å². The van der Waals surface area contributed by atoms with Gasteiger partial charge in [-0.3, -0.25) is 9.59 Å². The Kier molecular flexibility index (Phi) is 34.1. The minimum absolute atomic E-state index is 0.118. The van der Waals surface area contributed by atoms with Crippen LogP contribution in [0.1, 0.15) is 169 Å². The Balaban J connectivity index is 0. The van der Waals surface area contributed by atoms with Crippen LogP contribution in [0.15, 0.2) is 12.2 Å². The van der Waals surface area contributed by atoms with Crippen LogP contribution in [-0.4, -0.2) is 60.1 Å². The van der Waals surface area contributed by atoms with Crippen LogP contribution >= 0.6 is 0 Å². The van der Waals surface area contributed by atoms with Gasteiger partial charge in [-0.2, -0.15) is 0 Å². The molecule has 0 atom stereocenters. The summed E-state index contributed by atoms with van der Waals surface area (Å²) in [5, 5.41) is 19.2. The first kappa shape index (κ1) is 44.2. The molecular formula is C36H68O8. The van der Waals surface area contributed by atoms with Crippen LogP contribution in [-0.2, 0) is 28.6 Å². The molecule has 0 spiro atoms. The summed E-state index contributed by atoms with van der Waals surface area (Å²) >= 11 is 0. The Hall–Kier alpha value is -1.93. The fourth-order valence-corrected chi connectivity index (χ4v) is 4.25. The van der Waals surface area contributed by atoms with E-state index in [2.05, 4.69) is 19.1 Å². The zero-order chi connectivity index (χ0) is 33.2. The number of aliphatic hydroxyl groups excluding tert-OH is 1. The van der Waals surface area contributed by atoms with Crippen LogP contribution in [0, 0.1) is 0 Å². The van der Waals surface area contributed by atoms with Crippen LogP contribution in [0.25, 0.3) is 0 Å². The standard InChI is InChI=1S/C18H32O7.C18H36O/c1-4-7-10-23-15(19)13-18(22,17(21)25-12-9-6-3)14-16(20)24-11-8-5-2;1-2-3-4-5-6-7-8-9-10-11-12-13-14-15-16-17-18-19/h22H,4-14H2,1-3H3;9-10,19H,2-8,11-18H2,1H3/b;10-9-. The van der Waals surface area contributed by atoms with Crippen LogP contribution in [0.3, 0.4) is 0 Å². The molecule has 0 aliphatic heterocycles. The molecule has 8 nitrogen and oxygen atoms in total. The molecule has 0 aromatic carbocycles. The van der Waals surface area contributed by atoms with E-state index in [1.807, 2.05) is 20.8 Å². The van der Waals surface area contributed by atoms with Gasteiger partial charge >= 0.3 is 17.9 Å². The molecule has 0 heterocycles. The number of ether oxygens (including phenoxy) is 3. The first-order valence-corrected chi connectivity index (χ1v) is 17.8. The normalized spacial score (nSPS) is 11.2. The van der Waals surface area contributed by atoms with Gasteiger partial charge in [-0.05, 0) is 51.4 Å². The number of unbranched alkanes of at least 4 members (excludes halogenated alkanes) is 15. The first-order valence-electron chi connectivity index (χ1n) is 17.8. The Labute approximate surface area is 269 Å². The second-order valence-corrected chi connectivity index (χ2v) is 11.7. The molecule has 0 saturated carbocycles. The maximum atomic E-state index is 12.2. The van der Waals surface area contributed by atoms with Gasteiger partial charge in [0.15, 0.2) is 5.60 Å². The third kappa shape index (κ3) is 30.1. The van der Waals surface area contributed by atoms with Crippen molar-refractivity contribution in [3.05, 3.63) is 12.2 Å². The minimum Gasteiger partial charge on any atom is -0.466 e. The zero-order valence-corrected chi connectivity index (χ0v) is 28.9. The lowest BCUT2D eigenvalue weighted by Crippen LogP contribution is -2.45. The second-order valence-electron chi connectivity index (χ2n) is 11.7. The molecule has 0 aliphatic carbocycles. The summed E-state index contributed by atoms with van der Waals surface area (Å²) in [4.78, 5) is 35.9. The van der Waals surface area contributed by atoms with Crippen molar-refractivity contribution in [2.75, 3.05) is 26.4 Å². The summed E-state index contributed by atoms with van der Waals surface area (Å²) in [6.45, 7) is 8.98. The summed E-state index contributed by atoms with van der Waals surface area (Å²) in [6.07, 6.45) is 26.4. The number of carbonyl (C=O) groups is 3. The van der Waals surface area contributed by atoms with Crippen molar-refractivity contribution in [1.29, 1.82) is 0 Å². The van der Waals surface area contributed by atoms with Gasteiger partial charge in [-0.1, -0.05) is 117 Å². The zero-order valence-electron chi connectivity index (χ0n) is 28.9. The average molecular weight is 629 g/mol. The number of aliphatic hydroxyl groups is 2. The monoisotopic (exact) mass is 628 g/mol. The highest BCUT2D eigenvalue weighted by Gasteiger charge is 2.43. The molecule has 0 aromatic heterocycles. The number of rotatable bonds is 29. The number of esters is 3. The van der Waals surface area contributed by atoms with Gasteiger partial charge in [-0.25, -0.2) is 4.79 Å². The SMILES string of the molecule is CCCCCCCC/C=C\CCCCCCCCO.CCCCOC(=O)CC(O)(CC(=O)OCCCC)C(=O)OCCCC. The quantitative estimate of drug-likeness (QED) is 0.0366. The molecule has 8 heteroatoms. The largest absolute Gasteiger partial charge is 0.466 e. The van der Waals surface area contributed by atoms with Crippen molar-refractivity contribution in [2.45, 2.75) is 175 Å². The van der Waals surface area contributed by atoms with Gasteiger partial charge in [0, 0.05) is 6.61 Å². The molecule has 0 bridgehead atoms. The lowest BCUT2D eigenvalue weighted by molar-refractivity contribution is -0.178. The number of allylic oxidation sites excluding steroid dienone is 2. The van der Waals surface area contributed by atoms with Crippen LogP contribution < -0.4 is 0 Å². The van der Waals surface area contributed by atoms with E-state index in [-0.39, 0.29) is 19.8 Å². The third-order valence-electron chi connectivity index (χ3n) is 7.18. The summed E-state index contributed by atoms with van der Waals surface area (Å²) < 4.78 is 14.9. The van der Waals surface area contributed by atoms with E-state index in [0.29, 0.717) is 25.9 Å². The highest BCUT2D eigenvalue weighted by atomic mass is 16.6. The molecule has 260 valence electrons. The van der Waals surface area contributed by atoms with Gasteiger partial charge in [0.1, 0.15) is 0 Å². The van der Waals surface area contributed by atoms with Crippen molar-refractivity contribution in [2.24, 2.45) is 0 Å². The number of hydrogen-bond donors (Lipinski definition) is 2. The van der Waals surface area contributed by atoms with Crippen LogP contribution in [0.2, 0.25) is 0 Å². The highest BCUT2D eigenvalue weighted by molar-refractivity contribution is 5.90. The van der Waals surface area contributed by atoms with Gasteiger partial charge in [0.05, 0.1) is 32.7 Å². The molecule has 0 rings (SSSR count). The van der Waals surface area contributed by atoms with E-state index in [1.54, 1.807) is 0 Å². The topological polar surface area (TPSA) is 119 Å². The van der Waals surface area contributed by atoms with E-state index in [4.69, 9.17) is 19.3 Å². The fraction of sp³-hybridized carbons (Fsp3) is 0.861. The highest BCUT2D eigenvalue weighted by Crippen LogP contribution is 2.20. The molecule has 0 aromatic rings. The van der Waals surface area contributed by atoms with E-state index in [1.165, 1.54) is 83.5 Å².